The lowest BCUT2D eigenvalue weighted by molar-refractivity contribution is 0.0378. The Morgan fingerprint density at radius 3 is 2.90 bits per heavy atom. The van der Waals surface area contributed by atoms with E-state index in [1.165, 1.54) is 0 Å². The minimum Gasteiger partial charge on any atom is -0.477 e. The van der Waals surface area contributed by atoms with Crippen molar-refractivity contribution in [2.75, 3.05) is 44.7 Å². The number of rotatable bonds is 6. The van der Waals surface area contributed by atoms with E-state index in [0.717, 1.165) is 45.5 Å². The van der Waals surface area contributed by atoms with Gasteiger partial charge in [-0.05, 0) is 13.0 Å². The van der Waals surface area contributed by atoms with Gasteiger partial charge in [0.1, 0.15) is 5.56 Å². The summed E-state index contributed by atoms with van der Waals surface area (Å²) >= 11 is 0. The number of anilines is 1. The van der Waals surface area contributed by atoms with E-state index in [2.05, 4.69) is 20.2 Å². The smallest absolute Gasteiger partial charge is 0.342 e. The van der Waals surface area contributed by atoms with E-state index in [4.69, 9.17) is 9.84 Å². The highest BCUT2D eigenvalue weighted by atomic mass is 16.5. The minimum absolute atomic E-state index is 0.293. The molecular formula is C12H18N4O4. The first-order valence-electron chi connectivity index (χ1n) is 6.53. The van der Waals surface area contributed by atoms with Crippen LogP contribution in [0.2, 0.25) is 0 Å². The molecule has 20 heavy (non-hydrogen) atoms. The van der Waals surface area contributed by atoms with Gasteiger partial charge in [0.15, 0.2) is 0 Å². The average Bonchev–Trinajstić information content (AvgIpc) is 2.44. The van der Waals surface area contributed by atoms with Crippen molar-refractivity contribution >= 4 is 11.9 Å². The third kappa shape index (κ3) is 4.04. The van der Waals surface area contributed by atoms with Crippen LogP contribution in [0.25, 0.3) is 0 Å². The van der Waals surface area contributed by atoms with Crippen molar-refractivity contribution in [3.05, 3.63) is 22.1 Å². The Labute approximate surface area is 115 Å². The van der Waals surface area contributed by atoms with Crippen LogP contribution in [0.5, 0.6) is 0 Å². The van der Waals surface area contributed by atoms with Crippen LogP contribution in [-0.2, 0) is 4.74 Å². The van der Waals surface area contributed by atoms with Crippen LogP contribution in [0.1, 0.15) is 16.8 Å². The van der Waals surface area contributed by atoms with Crippen LogP contribution in [0, 0.1) is 0 Å². The third-order valence-electron chi connectivity index (χ3n) is 3.08. The van der Waals surface area contributed by atoms with Gasteiger partial charge in [0, 0.05) is 19.6 Å². The quantitative estimate of drug-likeness (QED) is 0.609. The van der Waals surface area contributed by atoms with Gasteiger partial charge in [-0.15, -0.1) is 0 Å². The zero-order chi connectivity index (χ0) is 14.4. The van der Waals surface area contributed by atoms with Crippen LogP contribution in [0.4, 0.5) is 5.95 Å². The molecule has 1 fully saturated rings. The van der Waals surface area contributed by atoms with Crippen molar-refractivity contribution in [1.82, 2.24) is 14.9 Å². The number of morpholine rings is 1. The van der Waals surface area contributed by atoms with Crippen molar-refractivity contribution in [3.63, 3.8) is 0 Å². The molecule has 0 aliphatic carbocycles. The molecule has 1 aliphatic heterocycles. The Morgan fingerprint density at radius 1 is 1.50 bits per heavy atom. The Balaban J connectivity index is 1.75. The number of nitrogens with zero attached hydrogens (tertiary/aromatic N) is 2. The van der Waals surface area contributed by atoms with Gasteiger partial charge in [-0.3, -0.25) is 14.7 Å². The number of carbonyl (C=O) groups is 1. The Bertz CT molecular complexity index is 510. The lowest BCUT2D eigenvalue weighted by Crippen LogP contribution is -2.37. The monoisotopic (exact) mass is 282 g/mol. The summed E-state index contributed by atoms with van der Waals surface area (Å²) in [6.45, 7) is 5.06. The van der Waals surface area contributed by atoms with Crippen LogP contribution < -0.4 is 10.9 Å². The summed E-state index contributed by atoms with van der Waals surface area (Å²) in [5, 5.41) is 11.7. The lowest BCUT2D eigenvalue weighted by Gasteiger charge is -2.26. The summed E-state index contributed by atoms with van der Waals surface area (Å²) < 4.78 is 5.26. The number of hydrogen-bond acceptors (Lipinski definition) is 6. The molecule has 1 saturated heterocycles. The van der Waals surface area contributed by atoms with E-state index in [0.29, 0.717) is 12.5 Å². The second-order valence-electron chi connectivity index (χ2n) is 4.51. The fourth-order valence-corrected chi connectivity index (χ4v) is 1.97. The van der Waals surface area contributed by atoms with E-state index in [1.54, 1.807) is 0 Å². The van der Waals surface area contributed by atoms with Gasteiger partial charge in [-0.25, -0.2) is 9.78 Å². The van der Waals surface area contributed by atoms with Gasteiger partial charge in [0.25, 0.3) is 5.56 Å². The first kappa shape index (κ1) is 14.5. The molecule has 2 heterocycles. The largest absolute Gasteiger partial charge is 0.477 e. The van der Waals surface area contributed by atoms with Crippen molar-refractivity contribution in [2.45, 2.75) is 6.42 Å². The number of carboxylic acids is 1. The van der Waals surface area contributed by atoms with Gasteiger partial charge in [0.2, 0.25) is 5.95 Å². The van der Waals surface area contributed by atoms with E-state index in [9.17, 15) is 9.59 Å². The number of H-pyrrole nitrogens is 1. The van der Waals surface area contributed by atoms with Gasteiger partial charge in [-0.1, -0.05) is 0 Å². The molecule has 0 saturated carbocycles. The van der Waals surface area contributed by atoms with Crippen molar-refractivity contribution in [1.29, 1.82) is 0 Å². The summed E-state index contributed by atoms with van der Waals surface area (Å²) in [5.74, 6) is -0.986. The van der Waals surface area contributed by atoms with E-state index in [-0.39, 0.29) is 5.56 Å². The summed E-state index contributed by atoms with van der Waals surface area (Å²) in [6.07, 6.45) is 1.97. The Hall–Kier alpha value is -1.93. The molecule has 1 aromatic rings. The van der Waals surface area contributed by atoms with Crippen molar-refractivity contribution < 1.29 is 14.6 Å². The maximum Gasteiger partial charge on any atom is 0.342 e. The molecule has 8 heteroatoms. The van der Waals surface area contributed by atoms with E-state index in [1.807, 2.05) is 0 Å². The molecule has 8 nitrogen and oxygen atoms in total. The number of aromatic amines is 1. The molecule has 0 bridgehead atoms. The first-order valence-corrected chi connectivity index (χ1v) is 6.53. The number of aromatic nitrogens is 2. The van der Waals surface area contributed by atoms with Gasteiger partial charge in [0.05, 0.1) is 19.4 Å². The number of nitrogens with one attached hydrogen (secondary N) is 2. The normalized spacial score (nSPS) is 16.0. The topological polar surface area (TPSA) is 108 Å². The molecule has 2 rings (SSSR count). The third-order valence-corrected chi connectivity index (χ3v) is 3.08. The lowest BCUT2D eigenvalue weighted by atomic mass is 10.3. The first-order chi connectivity index (χ1) is 9.66. The second-order valence-corrected chi connectivity index (χ2v) is 4.51. The second kappa shape index (κ2) is 7.01. The molecule has 1 aromatic heterocycles. The van der Waals surface area contributed by atoms with E-state index >= 15 is 0 Å². The number of hydrogen-bond donors (Lipinski definition) is 3. The SMILES string of the molecule is O=C(O)c1cnc(NCCCN2CCOCC2)[nH]c1=O. The highest BCUT2D eigenvalue weighted by molar-refractivity contribution is 5.86. The Kier molecular flexibility index (Phi) is 5.08. The predicted octanol–water partition coefficient (Wildman–Crippen LogP) is -0.398. The molecule has 110 valence electrons. The zero-order valence-electron chi connectivity index (χ0n) is 11.1. The van der Waals surface area contributed by atoms with Crippen molar-refractivity contribution in [2.24, 2.45) is 0 Å². The molecular weight excluding hydrogens is 264 g/mol. The number of carboxylic acid groups (broad SMARTS) is 1. The highest BCUT2D eigenvalue weighted by Crippen LogP contribution is 1.99. The maximum atomic E-state index is 11.4. The minimum atomic E-state index is -1.28. The summed E-state index contributed by atoms with van der Waals surface area (Å²) in [5.41, 5.74) is -1.01. The molecule has 0 radical (unpaired) electrons. The maximum absolute atomic E-state index is 11.4. The standard InChI is InChI=1S/C12H18N4O4/c17-10-9(11(18)19)8-14-12(15-10)13-2-1-3-16-4-6-20-7-5-16/h8H,1-7H2,(H,18,19)(H2,13,14,15,17). The summed E-state index contributed by atoms with van der Waals surface area (Å²) in [6, 6.07) is 0. The average molecular weight is 282 g/mol. The van der Waals surface area contributed by atoms with Gasteiger partial charge in [-0.2, -0.15) is 0 Å². The van der Waals surface area contributed by atoms with E-state index < -0.39 is 11.5 Å². The summed E-state index contributed by atoms with van der Waals surface area (Å²) in [7, 11) is 0. The molecule has 1 aliphatic rings. The predicted molar refractivity (Wildman–Crippen MR) is 72.2 cm³/mol. The molecule has 0 spiro atoms. The van der Waals surface area contributed by atoms with Crippen LogP contribution in [0.15, 0.2) is 11.0 Å². The zero-order valence-corrected chi connectivity index (χ0v) is 11.1. The Morgan fingerprint density at radius 2 is 2.25 bits per heavy atom. The summed E-state index contributed by atoms with van der Waals surface area (Å²) in [4.78, 5) is 30.7. The fourth-order valence-electron chi connectivity index (χ4n) is 1.97. The highest BCUT2D eigenvalue weighted by Gasteiger charge is 2.10. The van der Waals surface area contributed by atoms with Gasteiger partial charge < -0.3 is 15.2 Å². The van der Waals surface area contributed by atoms with Crippen molar-refractivity contribution in [3.8, 4) is 0 Å². The van der Waals surface area contributed by atoms with Gasteiger partial charge >= 0.3 is 5.97 Å². The molecule has 0 amide bonds. The number of aromatic carboxylic acids is 1. The van der Waals surface area contributed by atoms with Crippen LogP contribution in [0.3, 0.4) is 0 Å². The molecule has 0 aromatic carbocycles. The number of ether oxygens (including phenoxy) is 1. The molecule has 0 atom stereocenters. The molecule has 0 unspecified atom stereocenters. The molecule has 3 N–H and O–H groups in total. The van der Waals surface area contributed by atoms with Crippen LogP contribution in [-0.4, -0.2) is 65.3 Å². The van der Waals surface area contributed by atoms with Crippen LogP contribution >= 0.6 is 0 Å². The fraction of sp³-hybridized carbons (Fsp3) is 0.583.